The summed E-state index contributed by atoms with van der Waals surface area (Å²) in [5, 5.41) is 3.67. The molecule has 0 amide bonds. The lowest BCUT2D eigenvalue weighted by atomic mass is 9.67. The lowest BCUT2D eigenvalue weighted by molar-refractivity contribution is 0.166. The van der Waals surface area contributed by atoms with Gasteiger partial charge in [-0.1, -0.05) is 103 Å². The Bertz CT molecular complexity index is 1890. The van der Waals surface area contributed by atoms with Crippen LogP contribution in [0.4, 0.5) is 11.4 Å². The summed E-state index contributed by atoms with van der Waals surface area (Å²) >= 11 is 0. The van der Waals surface area contributed by atoms with Gasteiger partial charge in [-0.2, -0.15) is 0 Å². The molecule has 2 nitrogen and oxygen atoms in total. The lowest BCUT2D eigenvalue weighted by Crippen LogP contribution is -2.38. The van der Waals surface area contributed by atoms with Crippen LogP contribution in [-0.2, 0) is 5.41 Å². The highest BCUT2D eigenvalue weighted by molar-refractivity contribution is 5.99. The second-order valence-corrected chi connectivity index (χ2v) is 11.5. The van der Waals surface area contributed by atoms with Crippen LogP contribution in [0.3, 0.4) is 0 Å². The van der Waals surface area contributed by atoms with Crippen LogP contribution in [0, 0.1) is 0 Å². The molecule has 0 saturated heterocycles. The maximum Gasteiger partial charge on any atom is 0.142 e. The normalized spacial score (nSPS) is 21.7. The number of nitrogens with one attached hydrogen (secondary N) is 1. The molecule has 5 aromatic carbocycles. The first-order valence-corrected chi connectivity index (χ1v) is 14.1. The van der Waals surface area contributed by atoms with E-state index in [2.05, 4.69) is 146 Å². The predicted molar refractivity (Wildman–Crippen MR) is 162 cm³/mol. The molecule has 0 saturated carbocycles. The van der Waals surface area contributed by atoms with Crippen LogP contribution in [0.15, 0.2) is 139 Å². The molecule has 2 unspecified atom stereocenters. The Morgan fingerprint density at radius 3 is 2.08 bits per heavy atom. The van der Waals surface area contributed by atoms with E-state index in [1.807, 2.05) is 0 Å². The molecule has 1 N–H and O–H groups in total. The first kappa shape index (κ1) is 22.0. The van der Waals surface area contributed by atoms with Crippen molar-refractivity contribution in [3.05, 3.63) is 167 Å². The summed E-state index contributed by atoms with van der Waals surface area (Å²) in [7, 11) is 0. The lowest BCUT2D eigenvalue weighted by Gasteiger charge is -2.37. The van der Waals surface area contributed by atoms with Crippen molar-refractivity contribution in [1.82, 2.24) is 0 Å². The fraction of sp³-hybridized carbons (Fsp3) is 0.105. The third-order valence-electron chi connectivity index (χ3n) is 9.50. The summed E-state index contributed by atoms with van der Waals surface area (Å²) in [6.07, 6.45) is 4.81. The second kappa shape index (κ2) is 7.64. The van der Waals surface area contributed by atoms with Crippen LogP contribution in [0.5, 0.6) is 5.75 Å². The summed E-state index contributed by atoms with van der Waals surface area (Å²) in [4.78, 5) is 0. The summed E-state index contributed by atoms with van der Waals surface area (Å²) in [5.41, 5.74) is 13.1. The molecule has 1 spiro atoms. The summed E-state index contributed by atoms with van der Waals surface area (Å²) < 4.78 is 6.95. The van der Waals surface area contributed by atoms with Crippen LogP contribution < -0.4 is 10.1 Å². The highest BCUT2D eigenvalue weighted by Crippen LogP contribution is 2.67. The Morgan fingerprint density at radius 1 is 0.625 bits per heavy atom. The number of benzene rings is 5. The average Bonchev–Trinajstić information content (AvgIpc) is 3.58. The summed E-state index contributed by atoms with van der Waals surface area (Å²) in [6.45, 7) is 2.29. The molecule has 1 heterocycles. The number of hydrogen-bond donors (Lipinski definition) is 1. The minimum Gasteiger partial charge on any atom is -0.482 e. The Kier molecular flexibility index (Phi) is 4.21. The molecule has 2 atom stereocenters. The molecule has 4 aliphatic rings. The zero-order valence-corrected chi connectivity index (χ0v) is 22.2. The first-order valence-electron chi connectivity index (χ1n) is 14.1. The van der Waals surface area contributed by atoms with Gasteiger partial charge in [0.1, 0.15) is 11.4 Å². The second-order valence-electron chi connectivity index (χ2n) is 11.5. The SMILES string of the molecule is CC12Oc3ccccc3C1C=CC1=C2c2ccc(Nc3ccccc3)cc2C12c1ccccc1-c1ccccc12. The van der Waals surface area contributed by atoms with Gasteiger partial charge in [0.05, 0.1) is 5.41 Å². The number of fused-ring (bicyclic) bond motifs is 13. The van der Waals surface area contributed by atoms with E-state index in [-0.39, 0.29) is 5.92 Å². The largest absolute Gasteiger partial charge is 0.482 e. The Morgan fingerprint density at radius 2 is 1.30 bits per heavy atom. The average molecular weight is 514 g/mol. The topological polar surface area (TPSA) is 21.3 Å². The van der Waals surface area contributed by atoms with E-state index in [0.29, 0.717) is 0 Å². The van der Waals surface area contributed by atoms with Crippen molar-refractivity contribution in [3.8, 4) is 16.9 Å². The molecule has 0 bridgehead atoms. The predicted octanol–water partition coefficient (Wildman–Crippen LogP) is 9.02. The summed E-state index contributed by atoms with van der Waals surface area (Å²) in [6, 6.07) is 43.8. The number of rotatable bonds is 2. The van der Waals surface area contributed by atoms with E-state index in [9.17, 15) is 0 Å². The van der Waals surface area contributed by atoms with E-state index in [1.165, 1.54) is 50.1 Å². The number of para-hydroxylation sites is 2. The molecule has 2 heteroatoms. The molecule has 0 radical (unpaired) electrons. The quantitative estimate of drug-likeness (QED) is 0.254. The highest BCUT2D eigenvalue weighted by atomic mass is 16.5. The molecule has 0 aromatic heterocycles. The van der Waals surface area contributed by atoms with E-state index in [0.717, 1.165) is 17.1 Å². The number of anilines is 2. The van der Waals surface area contributed by atoms with Crippen molar-refractivity contribution >= 4 is 16.9 Å². The van der Waals surface area contributed by atoms with E-state index in [4.69, 9.17) is 4.74 Å². The van der Waals surface area contributed by atoms with Gasteiger partial charge in [0.15, 0.2) is 0 Å². The number of hydrogen-bond acceptors (Lipinski definition) is 2. The van der Waals surface area contributed by atoms with Gasteiger partial charge in [0.25, 0.3) is 0 Å². The molecule has 190 valence electrons. The molecular formula is C38H27NO. The third-order valence-corrected chi connectivity index (χ3v) is 9.50. The highest BCUT2D eigenvalue weighted by Gasteiger charge is 2.59. The Labute approximate surface area is 234 Å². The maximum absolute atomic E-state index is 6.95. The van der Waals surface area contributed by atoms with Crippen molar-refractivity contribution in [2.24, 2.45) is 0 Å². The van der Waals surface area contributed by atoms with E-state index >= 15 is 0 Å². The molecule has 0 fully saturated rings. The van der Waals surface area contributed by atoms with E-state index in [1.54, 1.807) is 0 Å². The zero-order valence-electron chi connectivity index (χ0n) is 22.2. The van der Waals surface area contributed by atoms with Crippen LogP contribution in [-0.4, -0.2) is 5.60 Å². The molecule has 1 aliphatic heterocycles. The van der Waals surface area contributed by atoms with Crippen LogP contribution >= 0.6 is 0 Å². The zero-order chi connectivity index (χ0) is 26.5. The van der Waals surface area contributed by atoms with Gasteiger partial charge < -0.3 is 10.1 Å². The molecule has 5 aromatic rings. The summed E-state index contributed by atoms with van der Waals surface area (Å²) in [5.74, 6) is 1.16. The van der Waals surface area contributed by atoms with Crippen molar-refractivity contribution < 1.29 is 4.74 Å². The van der Waals surface area contributed by atoms with Crippen LogP contribution in [0.2, 0.25) is 0 Å². The molecule has 3 aliphatic carbocycles. The monoisotopic (exact) mass is 513 g/mol. The number of ether oxygens (including phenoxy) is 1. The minimum absolute atomic E-state index is 0.166. The fourth-order valence-corrected chi connectivity index (χ4v) is 7.98. The smallest absolute Gasteiger partial charge is 0.142 e. The van der Waals surface area contributed by atoms with Gasteiger partial charge in [-0.15, -0.1) is 0 Å². The molecule has 40 heavy (non-hydrogen) atoms. The van der Waals surface area contributed by atoms with Gasteiger partial charge in [0.2, 0.25) is 0 Å². The molecule has 9 rings (SSSR count). The van der Waals surface area contributed by atoms with Gasteiger partial charge >= 0.3 is 0 Å². The Hall–Kier alpha value is -4.82. The first-order chi connectivity index (χ1) is 19.7. The van der Waals surface area contributed by atoms with Gasteiger partial charge in [-0.05, 0) is 76.2 Å². The van der Waals surface area contributed by atoms with Gasteiger partial charge in [-0.3, -0.25) is 0 Å². The third kappa shape index (κ3) is 2.59. The van der Waals surface area contributed by atoms with Crippen molar-refractivity contribution in [2.75, 3.05) is 5.32 Å². The maximum atomic E-state index is 6.95. The van der Waals surface area contributed by atoms with Crippen molar-refractivity contribution in [2.45, 2.75) is 23.9 Å². The molecular weight excluding hydrogens is 486 g/mol. The fourth-order valence-electron chi connectivity index (χ4n) is 7.98. The van der Waals surface area contributed by atoms with Crippen LogP contribution in [0.25, 0.3) is 16.7 Å². The van der Waals surface area contributed by atoms with E-state index < -0.39 is 11.0 Å². The van der Waals surface area contributed by atoms with Crippen molar-refractivity contribution in [3.63, 3.8) is 0 Å². The van der Waals surface area contributed by atoms with Crippen LogP contribution in [0.1, 0.15) is 40.7 Å². The number of allylic oxidation sites excluding steroid dienone is 2. The van der Waals surface area contributed by atoms with Crippen molar-refractivity contribution in [1.29, 1.82) is 0 Å². The van der Waals surface area contributed by atoms with Gasteiger partial charge in [-0.25, -0.2) is 0 Å². The van der Waals surface area contributed by atoms with Gasteiger partial charge in [0, 0.05) is 28.4 Å². The Balaban J connectivity index is 1.35. The minimum atomic E-state index is -0.493. The standard InChI is InChI=1S/C38H27NO/c1-37-30(28-15-7-10-18-35(28)40-37)21-22-33-36(37)29-20-19-25(39-24-11-3-2-4-12-24)23-34(29)38(33)31-16-8-5-13-26(31)27-14-6-9-17-32(27)38/h2-23,30,39H,1H3.